The number of hydrogen-bond donors (Lipinski definition) is 1. The molecule has 25 heavy (non-hydrogen) atoms. The Hall–Kier alpha value is -1.14. The van der Waals surface area contributed by atoms with Gasteiger partial charge in [0.05, 0.1) is 20.6 Å². The van der Waals surface area contributed by atoms with E-state index in [1.165, 1.54) is 0 Å². The van der Waals surface area contributed by atoms with Gasteiger partial charge >= 0.3 is 5.97 Å². The monoisotopic (exact) mass is 371 g/mol. The molecule has 142 valence electrons. The van der Waals surface area contributed by atoms with Gasteiger partial charge < -0.3 is 32.2 Å². The fourth-order valence-electron chi connectivity index (χ4n) is 4.12. The number of carbonyl (C=O) groups is 1. The summed E-state index contributed by atoms with van der Waals surface area (Å²) in [6.07, 6.45) is 4.68. The molecule has 5 nitrogen and oxygen atoms in total. The Kier molecular flexibility index (Phi) is 7.44. The summed E-state index contributed by atoms with van der Waals surface area (Å²) in [6.45, 7) is 1.83. The highest BCUT2D eigenvalue weighted by molar-refractivity contribution is 5.81. The molecule has 0 radical (unpaired) electrons. The van der Waals surface area contributed by atoms with Crippen LogP contribution in [0.25, 0.3) is 0 Å². The van der Waals surface area contributed by atoms with Gasteiger partial charge in [0, 0.05) is 12.3 Å². The first-order chi connectivity index (χ1) is 10.9. The van der Waals surface area contributed by atoms with Crippen LogP contribution >= 0.6 is 0 Å². The lowest BCUT2D eigenvalue weighted by atomic mass is 9.80. The van der Waals surface area contributed by atoms with Crippen molar-refractivity contribution in [2.45, 2.75) is 43.8 Å². The predicted octanol–water partition coefficient (Wildman–Crippen LogP) is -1.36. The Bertz CT molecular complexity index is 560. The number of ether oxygens (including phenoxy) is 1. The smallest absolute Gasteiger partial charge is 0.343 e. The average Bonchev–Trinajstić information content (AvgIpc) is 3.17. The molecular weight excluding hydrogens is 342 g/mol. The number of carbonyl (C=O) groups excluding carboxylic acids is 1. The maximum absolute atomic E-state index is 12.9. The molecule has 1 aromatic carbocycles. The van der Waals surface area contributed by atoms with Crippen molar-refractivity contribution in [3.8, 4) is 0 Å². The highest BCUT2D eigenvalue weighted by Crippen LogP contribution is 2.42. The summed E-state index contributed by atoms with van der Waals surface area (Å²) < 4.78 is 6.64. The normalized spacial score (nSPS) is 24.7. The lowest BCUT2D eigenvalue weighted by molar-refractivity contribution is -0.879. The van der Waals surface area contributed by atoms with Crippen molar-refractivity contribution in [1.82, 2.24) is 0 Å². The number of rotatable bonds is 4. The summed E-state index contributed by atoms with van der Waals surface area (Å²) >= 11 is 0. The molecule has 3 rings (SSSR count). The minimum atomic E-state index is -1.50. The minimum absolute atomic E-state index is 0. The largest absolute Gasteiger partial charge is 1.00 e. The number of hydrogen-bond acceptors (Lipinski definition) is 3. The lowest BCUT2D eigenvalue weighted by Gasteiger charge is -2.33. The summed E-state index contributed by atoms with van der Waals surface area (Å²) in [5.41, 5.74) is -0.832. The molecule has 1 saturated carbocycles. The second kappa shape index (κ2) is 8.49. The topological polar surface area (TPSA) is 78.0 Å². The Morgan fingerprint density at radius 1 is 1.16 bits per heavy atom. The summed E-state index contributed by atoms with van der Waals surface area (Å²) in [6, 6.07) is 9.33. The molecule has 0 amide bonds. The molecule has 0 aromatic heterocycles. The van der Waals surface area contributed by atoms with Crippen LogP contribution in [-0.4, -0.2) is 54.3 Å². The van der Waals surface area contributed by atoms with Crippen LogP contribution in [0.5, 0.6) is 0 Å². The molecule has 1 heterocycles. The number of halogens is 1. The highest BCUT2D eigenvalue weighted by atomic mass is 35.5. The van der Waals surface area contributed by atoms with E-state index >= 15 is 0 Å². The van der Waals surface area contributed by atoms with E-state index in [0.717, 1.165) is 49.7 Å². The van der Waals surface area contributed by atoms with E-state index in [4.69, 9.17) is 4.74 Å². The van der Waals surface area contributed by atoms with Crippen LogP contribution in [0.4, 0.5) is 0 Å². The Morgan fingerprint density at radius 2 is 1.76 bits per heavy atom. The van der Waals surface area contributed by atoms with Crippen molar-refractivity contribution < 1.29 is 37.0 Å². The summed E-state index contributed by atoms with van der Waals surface area (Å²) in [5, 5.41) is 11.4. The minimum Gasteiger partial charge on any atom is -1.00 e. The molecular formula is C19H30ClNO4. The van der Waals surface area contributed by atoms with Crippen LogP contribution in [0.15, 0.2) is 30.3 Å². The molecule has 2 atom stereocenters. The van der Waals surface area contributed by atoms with Gasteiger partial charge in [-0.25, -0.2) is 4.79 Å². The third-order valence-corrected chi connectivity index (χ3v) is 5.50. The molecule has 1 aliphatic carbocycles. The summed E-state index contributed by atoms with van der Waals surface area (Å²) in [5.74, 6) is -0.496. The van der Waals surface area contributed by atoms with E-state index in [2.05, 4.69) is 14.1 Å². The zero-order chi connectivity index (χ0) is 16.5. The number of nitrogens with zero attached hydrogens (tertiary/aromatic N) is 1. The fourth-order valence-corrected chi connectivity index (χ4v) is 4.12. The Labute approximate surface area is 156 Å². The van der Waals surface area contributed by atoms with Gasteiger partial charge in [0.1, 0.15) is 6.54 Å². The summed E-state index contributed by atoms with van der Waals surface area (Å²) in [4.78, 5) is 12.9. The average molecular weight is 372 g/mol. The van der Waals surface area contributed by atoms with E-state index in [-0.39, 0.29) is 29.9 Å². The Balaban J connectivity index is 0.00000156. The third kappa shape index (κ3) is 4.53. The van der Waals surface area contributed by atoms with E-state index in [1.807, 2.05) is 30.3 Å². The number of esters is 1. The van der Waals surface area contributed by atoms with Gasteiger partial charge in [-0.1, -0.05) is 43.2 Å². The van der Waals surface area contributed by atoms with Gasteiger partial charge in [-0.05, 0) is 18.4 Å². The molecule has 2 fully saturated rings. The van der Waals surface area contributed by atoms with Gasteiger partial charge in [0.25, 0.3) is 0 Å². The van der Waals surface area contributed by atoms with Crippen LogP contribution in [0, 0.1) is 5.92 Å². The molecule has 1 aromatic rings. The zero-order valence-corrected chi connectivity index (χ0v) is 15.8. The van der Waals surface area contributed by atoms with E-state index in [1.54, 1.807) is 0 Å². The van der Waals surface area contributed by atoms with Gasteiger partial charge in [0.2, 0.25) is 0 Å². The van der Waals surface area contributed by atoms with Crippen molar-refractivity contribution in [3.05, 3.63) is 35.9 Å². The first-order valence-corrected chi connectivity index (χ1v) is 8.73. The SMILES string of the molecule is C[N+]1(C)CC[C@H](OC(=O)[C@](O)(c2ccccc2)C2CCCC2)C1.O.[Cl-]. The molecule has 3 N–H and O–H groups in total. The van der Waals surface area contributed by atoms with E-state index < -0.39 is 11.6 Å². The third-order valence-electron chi connectivity index (χ3n) is 5.50. The van der Waals surface area contributed by atoms with Crippen molar-refractivity contribution >= 4 is 5.97 Å². The highest BCUT2D eigenvalue weighted by Gasteiger charge is 2.49. The van der Waals surface area contributed by atoms with Crippen LogP contribution in [-0.2, 0) is 15.1 Å². The first-order valence-electron chi connectivity index (χ1n) is 8.73. The van der Waals surface area contributed by atoms with Gasteiger partial charge in [0.15, 0.2) is 11.7 Å². The van der Waals surface area contributed by atoms with E-state index in [9.17, 15) is 9.90 Å². The molecule has 1 aliphatic heterocycles. The second-order valence-electron chi connectivity index (χ2n) is 7.77. The van der Waals surface area contributed by atoms with E-state index in [0.29, 0.717) is 5.56 Å². The van der Waals surface area contributed by atoms with Crippen LogP contribution < -0.4 is 12.4 Å². The number of likely N-dealkylation sites (tertiary alicyclic amines) is 1. The standard InChI is InChI=1S/C19H28NO3.ClH.H2O/c1-20(2)13-12-17(14-20)23-18(21)19(22,16-10-6-7-11-16)15-8-4-3-5-9-15;;/h3-5,8-9,16-17,22H,6-7,10-14H2,1-2H3;1H;1H2/q+1;;/p-1/t17-,19-;;/m0../s1. The van der Waals surface area contributed by atoms with Gasteiger partial charge in [-0.3, -0.25) is 0 Å². The maximum Gasteiger partial charge on any atom is 0.343 e. The molecule has 0 spiro atoms. The molecule has 6 heteroatoms. The molecule has 0 unspecified atom stereocenters. The van der Waals surface area contributed by atoms with Crippen LogP contribution in [0.1, 0.15) is 37.7 Å². The fraction of sp³-hybridized carbons (Fsp3) is 0.632. The van der Waals surface area contributed by atoms with Crippen LogP contribution in [0.3, 0.4) is 0 Å². The molecule has 2 aliphatic rings. The lowest BCUT2D eigenvalue weighted by Crippen LogP contribution is -3.00. The van der Waals surface area contributed by atoms with Crippen molar-refractivity contribution in [2.24, 2.45) is 5.92 Å². The quantitative estimate of drug-likeness (QED) is 0.524. The van der Waals surface area contributed by atoms with Gasteiger partial charge in [-0.15, -0.1) is 0 Å². The summed E-state index contributed by atoms with van der Waals surface area (Å²) in [7, 11) is 4.29. The Morgan fingerprint density at radius 3 is 2.28 bits per heavy atom. The van der Waals surface area contributed by atoms with Gasteiger partial charge in [-0.2, -0.15) is 0 Å². The second-order valence-corrected chi connectivity index (χ2v) is 7.77. The number of aliphatic hydroxyl groups is 1. The molecule has 1 saturated heterocycles. The zero-order valence-electron chi connectivity index (χ0n) is 15.1. The van der Waals surface area contributed by atoms with Crippen molar-refractivity contribution in [2.75, 3.05) is 27.2 Å². The number of likely N-dealkylation sites (N-methyl/N-ethyl adjacent to an activating group) is 1. The molecule has 0 bridgehead atoms. The predicted molar refractivity (Wildman–Crippen MR) is 92.3 cm³/mol. The maximum atomic E-state index is 12.9. The van der Waals surface area contributed by atoms with Crippen LogP contribution in [0.2, 0.25) is 0 Å². The number of benzene rings is 1. The van der Waals surface area contributed by atoms with Crippen molar-refractivity contribution in [3.63, 3.8) is 0 Å². The number of quaternary nitrogens is 1. The van der Waals surface area contributed by atoms with Crippen molar-refractivity contribution in [1.29, 1.82) is 0 Å². The first kappa shape index (κ1) is 21.9.